The second kappa shape index (κ2) is 46.2. The van der Waals surface area contributed by atoms with Crippen LogP contribution in [-0.2, 0) is 105 Å². The Kier molecular flexibility index (Phi) is 37.4. The van der Waals surface area contributed by atoms with Gasteiger partial charge in [0, 0.05) is 118 Å². The van der Waals surface area contributed by atoms with E-state index in [9.17, 15) is 57.5 Å². The number of carbonyl (C=O) groups excluding carboxylic acids is 9. The van der Waals surface area contributed by atoms with Crippen molar-refractivity contribution in [1.29, 1.82) is 0 Å². The van der Waals surface area contributed by atoms with Crippen LogP contribution < -0.4 is 95.0 Å². The summed E-state index contributed by atoms with van der Waals surface area (Å²) >= 11 is 0. The largest absolute Gasteiger partial charge is 1.00 e. The first kappa shape index (κ1) is 102. The van der Waals surface area contributed by atoms with Gasteiger partial charge in [-0.05, 0) is 275 Å². The molecule has 34 nitrogen and oxygen atoms in total. The zero-order valence-corrected chi connectivity index (χ0v) is 80.1. The molecule has 15 rings (SSSR count). The fourth-order valence-electron chi connectivity index (χ4n) is 17.8. The van der Waals surface area contributed by atoms with Crippen LogP contribution in [0, 0.1) is 17.8 Å². The summed E-state index contributed by atoms with van der Waals surface area (Å²) in [6, 6.07) is 16.0. The van der Waals surface area contributed by atoms with Crippen molar-refractivity contribution >= 4 is 106 Å². The zero-order valence-electron chi connectivity index (χ0n) is 76.0. The third kappa shape index (κ3) is 27.2. The predicted octanol–water partition coefficient (Wildman–Crippen LogP) is 4.77. The maximum absolute atomic E-state index is 13.0. The summed E-state index contributed by atoms with van der Waals surface area (Å²) in [5, 5.41) is 21.1. The quantitative estimate of drug-likeness (QED) is 0.0165. The number of piperidine rings is 6. The minimum Gasteiger partial charge on any atom is -0.813 e. The molecule has 0 bridgehead atoms. The number of carbonyl (C=O) groups is 10. The van der Waals surface area contributed by atoms with Crippen LogP contribution in [0.15, 0.2) is 69.0 Å². The monoisotopic (exact) mass is 1800 g/mol. The molecule has 3 aliphatic carbocycles. The number of likely N-dealkylation sites (tertiary alicyclic amines) is 2. The first-order chi connectivity index (χ1) is 58.9. The van der Waals surface area contributed by atoms with Crippen LogP contribution in [0.5, 0.6) is 0 Å². The molecule has 126 heavy (non-hydrogen) atoms. The SMILES string of the molecule is CC(=O)O.CN(C(=O)OC(C)(C)C)C1CC(OCCC2CCN(Cc3ccc4c(c3)n(C)c(=O)n4C3CCC(=O)NC3=O)CC2)C1.CN(C(=O)OC(C)(C)C)C1CC(OCCC2CCNCC2)C1.CNC1CC(OCCC2CCN(Cc3ccc4c(c3)n(C)c(=O)n4C3CCC(=O)NC3=O)CC2)C1.Cn1c(=O)n(C2CCC(=O)NC2=O)c2ccc(C=O)cc21.[K+].[SH-]. The van der Waals surface area contributed by atoms with Gasteiger partial charge >= 0.3 is 80.6 Å². The fraction of sp³-hybridized carbons (Fsp3) is 0.656. The molecule has 3 saturated carbocycles. The van der Waals surface area contributed by atoms with Gasteiger partial charge in [-0.1, -0.05) is 12.1 Å². The number of hydrogen-bond acceptors (Lipinski definition) is 23. The number of ether oxygens (including phenoxy) is 5. The third-order valence-corrected chi connectivity index (χ3v) is 25.5. The van der Waals surface area contributed by atoms with E-state index < -0.39 is 53.0 Å². The summed E-state index contributed by atoms with van der Waals surface area (Å²) in [5.41, 5.74) is 5.25. The number of aryl methyl sites for hydroxylation is 3. The van der Waals surface area contributed by atoms with E-state index in [0.29, 0.717) is 71.8 Å². The molecule has 0 radical (unpaired) electrons. The Bertz CT molecular complexity index is 4980. The van der Waals surface area contributed by atoms with Gasteiger partial charge in [-0.25, -0.2) is 24.0 Å². The molecule has 3 unspecified atom stereocenters. The molecule has 9 aliphatic rings. The number of nitrogens with one attached hydrogen (secondary N) is 5. The molecule has 3 atom stereocenters. The van der Waals surface area contributed by atoms with Crippen LogP contribution in [-0.4, -0.2) is 240 Å². The number of aromatic nitrogens is 6. The number of thiol groups is 1. The van der Waals surface area contributed by atoms with Crippen molar-refractivity contribution in [3.8, 4) is 0 Å². The molecule has 6 aliphatic heterocycles. The van der Waals surface area contributed by atoms with Gasteiger partial charge in [-0.3, -0.25) is 91.5 Å². The summed E-state index contributed by atoms with van der Waals surface area (Å²) in [7, 11) is 10.7. The number of aldehydes is 1. The number of rotatable bonds is 23. The molecular weight excluding hydrogens is 1670 g/mol. The molecule has 36 heteroatoms. The minimum atomic E-state index is -0.833. The van der Waals surface area contributed by atoms with E-state index in [-0.39, 0.29) is 149 Å². The average molecular weight is 1800 g/mol. The van der Waals surface area contributed by atoms with E-state index in [1.54, 1.807) is 65.3 Å². The zero-order chi connectivity index (χ0) is 89.6. The van der Waals surface area contributed by atoms with Crippen LogP contribution in [0.3, 0.4) is 0 Å². The average Bonchev–Trinajstić information content (AvgIpc) is 1.62. The van der Waals surface area contributed by atoms with E-state index >= 15 is 0 Å². The Morgan fingerprint density at radius 3 is 1.12 bits per heavy atom. The predicted molar refractivity (Wildman–Crippen MR) is 474 cm³/mol. The second-order valence-electron chi connectivity index (χ2n) is 36.9. The van der Waals surface area contributed by atoms with Crippen molar-refractivity contribution in [2.75, 3.05) is 80.2 Å². The van der Waals surface area contributed by atoms with Crippen molar-refractivity contribution in [2.24, 2.45) is 38.9 Å². The van der Waals surface area contributed by atoms with Crippen molar-refractivity contribution in [3.05, 3.63) is 103 Å². The van der Waals surface area contributed by atoms with Gasteiger partial charge in [-0.15, -0.1) is 0 Å². The van der Waals surface area contributed by atoms with Crippen molar-refractivity contribution in [1.82, 2.24) is 73.6 Å². The molecule has 688 valence electrons. The van der Waals surface area contributed by atoms with E-state index in [0.717, 1.165) is 177 Å². The van der Waals surface area contributed by atoms with Gasteiger partial charge in [0.15, 0.2) is 0 Å². The summed E-state index contributed by atoms with van der Waals surface area (Å²) in [4.78, 5) is 162. The maximum Gasteiger partial charge on any atom is 1.00 e. The number of aliphatic carboxylic acids is 1. The molecule has 0 spiro atoms. The van der Waals surface area contributed by atoms with E-state index in [4.69, 9.17) is 33.6 Å². The fourth-order valence-corrected chi connectivity index (χ4v) is 17.8. The molecule has 8 amide bonds. The summed E-state index contributed by atoms with van der Waals surface area (Å²) in [5.74, 6) is -0.817. The smallest absolute Gasteiger partial charge is 0.813 e. The Balaban J connectivity index is 0.000000193. The van der Waals surface area contributed by atoms with Crippen molar-refractivity contribution in [3.63, 3.8) is 0 Å². The number of amides is 8. The van der Waals surface area contributed by atoms with Crippen LogP contribution in [0.4, 0.5) is 9.59 Å². The summed E-state index contributed by atoms with van der Waals surface area (Å²) in [6.07, 6.45) is 19.3. The number of benzene rings is 3. The second-order valence-corrected chi connectivity index (χ2v) is 36.9. The van der Waals surface area contributed by atoms with Gasteiger partial charge in [0.1, 0.15) is 35.6 Å². The number of carboxylic acids is 1. The first-order valence-corrected chi connectivity index (χ1v) is 44.3. The number of fused-ring (bicyclic) bond motifs is 3. The van der Waals surface area contributed by atoms with Crippen LogP contribution in [0.25, 0.3) is 33.1 Å². The number of imide groups is 3. The van der Waals surface area contributed by atoms with Crippen LogP contribution in [0.2, 0.25) is 0 Å². The first-order valence-electron chi connectivity index (χ1n) is 44.3. The van der Waals surface area contributed by atoms with Gasteiger partial charge in [0.2, 0.25) is 35.4 Å². The number of carboxylic acid groups (broad SMARTS) is 1. The maximum atomic E-state index is 13.0. The molecule has 9 heterocycles. The molecule has 3 aromatic heterocycles. The number of hydrogen-bond donors (Lipinski definition) is 6. The van der Waals surface area contributed by atoms with E-state index in [1.807, 2.05) is 79.9 Å². The molecule has 6 aromatic rings. The molecular formula is C90H132KN15O19S. The molecule has 6 saturated heterocycles. The van der Waals surface area contributed by atoms with Crippen molar-refractivity contribution in [2.45, 2.75) is 262 Å². The Labute approximate surface area is 786 Å². The van der Waals surface area contributed by atoms with Gasteiger partial charge in [-0.2, -0.15) is 0 Å². The minimum absolute atomic E-state index is 0. The van der Waals surface area contributed by atoms with Crippen molar-refractivity contribution < 1.29 is 128 Å². The molecule has 9 fully saturated rings. The third-order valence-electron chi connectivity index (χ3n) is 25.5. The summed E-state index contributed by atoms with van der Waals surface area (Å²) < 4.78 is 38.0. The van der Waals surface area contributed by atoms with Gasteiger partial charge in [0.05, 0.1) is 51.4 Å². The van der Waals surface area contributed by atoms with Crippen LogP contribution >= 0.6 is 0 Å². The van der Waals surface area contributed by atoms with Gasteiger partial charge in [0.25, 0.3) is 5.97 Å². The summed E-state index contributed by atoms with van der Waals surface area (Å²) in [6.45, 7) is 23.0. The Morgan fingerprint density at radius 2 is 0.802 bits per heavy atom. The van der Waals surface area contributed by atoms with E-state index in [1.165, 1.54) is 55.9 Å². The topological polar surface area (TPSA) is 391 Å². The standard InChI is InChI=1S/C31H45N5O6.C26H37N5O4.C17H32N2O3.C14H13N3O4.C2H4O2.K.H2S/c1-31(2,3)42-30(40)33(4)22-17-23(18-22)41-15-12-20-10-13-35(14-11-20)19-21-6-7-24-26(16-21)34(5)29(39)36(24)25-8-9-27(37)32-28(25)38;1-27-19-14-20(15-19)35-12-9-17-7-10-30(11-8-17)16-18-3-4-21-23(13-18)29(2)26(34)31(21)22-5-6-24(32)28-25(22)33;1-17(2,3)22-16(20)19(4)14-11-15(12-14)21-10-7-13-5-8-18-9-6-13;1-16-11-6-8(7-18)2-3-9(11)17(14(16)21)10-4-5-12(19)15-13(10)20;1-2(3)4;;/h6-7,16,20,22-23,25H,8-15,17-19H2,1-5H3,(H,32,37,38);3-4,13,17,19-20,22,27H,5-12,14-16H2,1-2H3,(H,28,32,33);13-15,18H,5-12H2,1-4H3;2-3,6-7,10H,4-5H2,1H3,(H,15,19,20);1H3,(H,3,4);;1H2/q;;;;;+1;/p-1. The molecule has 3 aromatic carbocycles. The van der Waals surface area contributed by atoms with Crippen LogP contribution in [0.1, 0.15) is 223 Å². The Hall–Kier alpha value is -7.72. The van der Waals surface area contributed by atoms with Gasteiger partial charge < -0.3 is 62.7 Å². The Morgan fingerprint density at radius 1 is 0.484 bits per heavy atom. The number of nitrogens with zero attached hydrogens (tertiary/aromatic N) is 10. The normalized spacial score (nSPS) is 23.2. The number of imidazole rings is 3. The van der Waals surface area contributed by atoms with E-state index in [2.05, 4.69) is 48.5 Å². The molecule has 6 N–H and O–H groups in total.